The summed E-state index contributed by atoms with van der Waals surface area (Å²) in [6, 6.07) is 7.38. The topological polar surface area (TPSA) is 73.6 Å². The third-order valence-electron chi connectivity index (χ3n) is 4.03. The maximum atomic E-state index is 12.2. The Morgan fingerprint density at radius 1 is 1.32 bits per heavy atom. The minimum Gasteiger partial charge on any atom is -0.497 e. The molecule has 6 heteroatoms. The number of nitrogens with one attached hydrogen (secondary N) is 1. The van der Waals surface area contributed by atoms with Gasteiger partial charge in [0.15, 0.2) is 6.10 Å². The van der Waals surface area contributed by atoms with E-state index in [9.17, 15) is 4.79 Å². The maximum Gasteiger partial charge on any atom is 0.261 e. The van der Waals surface area contributed by atoms with E-state index in [1.165, 1.54) is 0 Å². The van der Waals surface area contributed by atoms with Crippen LogP contribution in [0, 0.1) is 5.92 Å². The number of hydrogen-bond acceptors (Lipinski definition) is 4. The summed E-state index contributed by atoms with van der Waals surface area (Å²) in [5.74, 6) is 1.72. The van der Waals surface area contributed by atoms with Crippen molar-refractivity contribution in [2.75, 3.05) is 13.7 Å². The zero-order chi connectivity index (χ0) is 15.2. The molecule has 0 radical (unpaired) electrons. The van der Waals surface area contributed by atoms with Crippen molar-refractivity contribution in [1.29, 1.82) is 0 Å². The van der Waals surface area contributed by atoms with Gasteiger partial charge in [0.2, 0.25) is 0 Å². The Labute approximate surface area is 138 Å². The van der Waals surface area contributed by atoms with E-state index in [0.29, 0.717) is 18.2 Å². The molecule has 1 saturated carbocycles. The van der Waals surface area contributed by atoms with E-state index < -0.39 is 6.10 Å². The average molecular weight is 329 g/mol. The molecule has 124 valence electrons. The molecule has 1 aliphatic carbocycles. The number of hydrogen-bond donors (Lipinski definition) is 2. The van der Waals surface area contributed by atoms with Gasteiger partial charge in [-0.2, -0.15) is 0 Å². The van der Waals surface area contributed by atoms with Gasteiger partial charge in [-0.1, -0.05) is 6.42 Å². The first-order valence-electron chi connectivity index (χ1n) is 7.45. The number of carbonyl (C=O) groups is 1. The first-order chi connectivity index (χ1) is 10.1. The van der Waals surface area contributed by atoms with Gasteiger partial charge in [0.1, 0.15) is 11.5 Å². The third kappa shape index (κ3) is 4.78. The van der Waals surface area contributed by atoms with E-state index in [1.807, 2.05) is 0 Å². The fraction of sp³-hybridized carbons (Fsp3) is 0.562. The van der Waals surface area contributed by atoms with Crippen molar-refractivity contribution in [3.63, 3.8) is 0 Å². The van der Waals surface area contributed by atoms with Crippen LogP contribution in [0.4, 0.5) is 0 Å². The molecule has 22 heavy (non-hydrogen) atoms. The van der Waals surface area contributed by atoms with Gasteiger partial charge in [0, 0.05) is 6.04 Å². The second kappa shape index (κ2) is 8.86. The standard InChI is InChI=1S/C16H24N2O3.ClH/c1-11(21-14-8-6-13(20-2)7-9-14)16(19)18-15-5-3-4-12(15)10-17;/h6-9,11-12,15H,3-5,10,17H2,1-2H3,(H,18,19);1H. The summed E-state index contributed by atoms with van der Waals surface area (Å²) in [6.45, 7) is 2.38. The lowest BCUT2D eigenvalue weighted by Gasteiger charge is -2.22. The highest BCUT2D eigenvalue weighted by molar-refractivity contribution is 5.85. The fourth-order valence-corrected chi connectivity index (χ4v) is 2.72. The van der Waals surface area contributed by atoms with Crippen LogP contribution in [0.1, 0.15) is 26.2 Å². The first-order valence-corrected chi connectivity index (χ1v) is 7.45. The SMILES string of the molecule is COc1ccc(OC(C)C(=O)NC2CCCC2CN)cc1.Cl. The number of amides is 1. The van der Waals surface area contributed by atoms with Crippen LogP contribution < -0.4 is 20.5 Å². The largest absolute Gasteiger partial charge is 0.497 e. The number of nitrogens with two attached hydrogens (primary N) is 1. The van der Waals surface area contributed by atoms with Gasteiger partial charge < -0.3 is 20.5 Å². The van der Waals surface area contributed by atoms with Gasteiger partial charge in [0.05, 0.1) is 7.11 Å². The molecule has 1 fully saturated rings. The average Bonchev–Trinajstić information content (AvgIpc) is 2.95. The van der Waals surface area contributed by atoms with Crippen molar-refractivity contribution in [2.24, 2.45) is 11.7 Å². The molecular formula is C16H25ClN2O3. The number of carbonyl (C=O) groups excluding carboxylic acids is 1. The third-order valence-corrected chi connectivity index (χ3v) is 4.03. The summed E-state index contributed by atoms with van der Waals surface area (Å²) in [4.78, 5) is 12.2. The van der Waals surface area contributed by atoms with Crippen LogP contribution in [0.2, 0.25) is 0 Å². The molecule has 1 amide bonds. The molecular weight excluding hydrogens is 304 g/mol. The summed E-state index contributed by atoms with van der Waals surface area (Å²) in [5, 5.41) is 3.05. The zero-order valence-electron chi connectivity index (χ0n) is 13.1. The predicted molar refractivity (Wildman–Crippen MR) is 88.7 cm³/mol. The fourth-order valence-electron chi connectivity index (χ4n) is 2.72. The van der Waals surface area contributed by atoms with Crippen molar-refractivity contribution in [3.05, 3.63) is 24.3 Å². The number of rotatable bonds is 6. The molecule has 1 aromatic rings. The van der Waals surface area contributed by atoms with Crippen molar-refractivity contribution in [1.82, 2.24) is 5.32 Å². The summed E-state index contributed by atoms with van der Waals surface area (Å²) >= 11 is 0. The molecule has 0 heterocycles. The van der Waals surface area contributed by atoms with Crippen molar-refractivity contribution in [3.8, 4) is 11.5 Å². The van der Waals surface area contributed by atoms with Crippen LogP contribution in [0.3, 0.4) is 0 Å². The lowest BCUT2D eigenvalue weighted by molar-refractivity contribution is -0.128. The molecule has 3 atom stereocenters. The van der Waals surface area contributed by atoms with Gasteiger partial charge in [-0.25, -0.2) is 0 Å². The van der Waals surface area contributed by atoms with Crippen molar-refractivity contribution >= 4 is 18.3 Å². The molecule has 0 saturated heterocycles. The summed E-state index contributed by atoms with van der Waals surface area (Å²) in [7, 11) is 1.61. The predicted octanol–water partition coefficient (Wildman–Crippen LogP) is 2.13. The normalized spacial score (nSPS) is 21.6. The minimum atomic E-state index is -0.530. The second-order valence-corrected chi connectivity index (χ2v) is 5.48. The molecule has 0 aromatic heterocycles. The Morgan fingerprint density at radius 3 is 2.55 bits per heavy atom. The molecule has 0 aliphatic heterocycles. The van der Waals surface area contributed by atoms with Crippen LogP contribution in [-0.2, 0) is 4.79 Å². The van der Waals surface area contributed by atoms with Crippen LogP contribution >= 0.6 is 12.4 Å². The number of benzene rings is 1. The Balaban J connectivity index is 0.00000242. The Kier molecular flexibility index (Phi) is 7.48. The number of methoxy groups -OCH3 is 1. The Bertz CT molecular complexity index is 467. The minimum absolute atomic E-state index is 0. The van der Waals surface area contributed by atoms with Crippen LogP contribution in [0.15, 0.2) is 24.3 Å². The highest BCUT2D eigenvalue weighted by Gasteiger charge is 2.29. The summed E-state index contributed by atoms with van der Waals surface area (Å²) < 4.78 is 10.7. The zero-order valence-corrected chi connectivity index (χ0v) is 13.9. The van der Waals surface area contributed by atoms with E-state index in [1.54, 1.807) is 38.3 Å². The summed E-state index contributed by atoms with van der Waals surface area (Å²) in [6.07, 6.45) is 2.69. The molecule has 1 aromatic carbocycles. The number of ether oxygens (including phenoxy) is 2. The highest BCUT2D eigenvalue weighted by atomic mass is 35.5. The van der Waals surface area contributed by atoms with Gasteiger partial charge in [-0.3, -0.25) is 4.79 Å². The van der Waals surface area contributed by atoms with Gasteiger partial charge in [0.25, 0.3) is 5.91 Å². The Hall–Kier alpha value is -1.46. The monoisotopic (exact) mass is 328 g/mol. The van der Waals surface area contributed by atoms with E-state index in [-0.39, 0.29) is 24.4 Å². The highest BCUT2D eigenvalue weighted by Crippen LogP contribution is 2.25. The van der Waals surface area contributed by atoms with Gasteiger partial charge >= 0.3 is 0 Å². The van der Waals surface area contributed by atoms with Gasteiger partial charge in [-0.05, 0) is 56.5 Å². The van der Waals surface area contributed by atoms with E-state index in [2.05, 4.69) is 5.32 Å². The molecule has 3 unspecified atom stereocenters. The lowest BCUT2D eigenvalue weighted by Crippen LogP contribution is -2.45. The van der Waals surface area contributed by atoms with Crippen molar-refractivity contribution < 1.29 is 14.3 Å². The van der Waals surface area contributed by atoms with Gasteiger partial charge in [-0.15, -0.1) is 12.4 Å². The van der Waals surface area contributed by atoms with E-state index in [0.717, 1.165) is 25.0 Å². The molecule has 5 nitrogen and oxygen atoms in total. The molecule has 3 N–H and O–H groups in total. The van der Waals surface area contributed by atoms with Crippen molar-refractivity contribution in [2.45, 2.75) is 38.3 Å². The molecule has 2 rings (SSSR count). The Morgan fingerprint density at radius 2 is 1.95 bits per heavy atom. The quantitative estimate of drug-likeness (QED) is 0.839. The van der Waals surface area contributed by atoms with Crippen LogP contribution in [0.5, 0.6) is 11.5 Å². The lowest BCUT2D eigenvalue weighted by atomic mass is 10.0. The second-order valence-electron chi connectivity index (χ2n) is 5.48. The van der Waals surface area contributed by atoms with E-state index in [4.69, 9.17) is 15.2 Å². The molecule has 0 spiro atoms. The van der Waals surface area contributed by atoms with Crippen LogP contribution in [0.25, 0.3) is 0 Å². The maximum absolute atomic E-state index is 12.2. The molecule has 0 bridgehead atoms. The summed E-state index contributed by atoms with van der Waals surface area (Å²) in [5.41, 5.74) is 5.73. The smallest absolute Gasteiger partial charge is 0.261 e. The first kappa shape index (κ1) is 18.6. The number of halogens is 1. The van der Waals surface area contributed by atoms with E-state index >= 15 is 0 Å². The molecule has 1 aliphatic rings. The van der Waals surface area contributed by atoms with Crippen LogP contribution in [-0.4, -0.2) is 31.7 Å².